The third-order valence-electron chi connectivity index (χ3n) is 13.4. The van der Waals surface area contributed by atoms with Crippen molar-refractivity contribution in [2.45, 2.75) is 95.4 Å². The Labute approximate surface area is 359 Å². The van der Waals surface area contributed by atoms with Gasteiger partial charge in [-0.15, -0.1) is 11.3 Å². The van der Waals surface area contributed by atoms with Gasteiger partial charge < -0.3 is 20.6 Å². The number of likely N-dealkylation sites (tertiary alicyclic amines) is 1. The number of carbonyl (C=O) groups is 5. The predicted molar refractivity (Wildman–Crippen MR) is 225 cm³/mol. The van der Waals surface area contributed by atoms with E-state index in [0.717, 1.165) is 84.7 Å². The molecule has 1 spiro atoms. The number of halogens is 3. The normalized spacial score (nSPS) is 23.0. The van der Waals surface area contributed by atoms with Crippen LogP contribution in [0, 0.1) is 17.3 Å². The van der Waals surface area contributed by atoms with Crippen molar-refractivity contribution in [1.29, 1.82) is 0 Å². The molecule has 5 amide bonds. The molecule has 5 heterocycles. The Balaban J connectivity index is 0.739. The first kappa shape index (κ1) is 42.1. The third kappa shape index (κ3) is 7.98. The van der Waals surface area contributed by atoms with Gasteiger partial charge in [-0.2, -0.15) is 13.2 Å². The van der Waals surface area contributed by atoms with Crippen LogP contribution >= 0.6 is 11.3 Å². The minimum absolute atomic E-state index is 0.0748. The average molecular weight is 872 g/mol. The van der Waals surface area contributed by atoms with Crippen molar-refractivity contribution < 1.29 is 42.3 Å². The number of hydrogen-bond donors (Lipinski definition) is 4. The van der Waals surface area contributed by atoms with Gasteiger partial charge in [-0.05, 0) is 119 Å². The zero-order chi connectivity index (χ0) is 43.7. The summed E-state index contributed by atoms with van der Waals surface area (Å²) in [6.07, 6.45) is 4.03. The number of pyridine rings is 1. The topological polar surface area (TPSA) is 174 Å². The Hall–Kier alpha value is -5.26. The SMILES string of the molecule is CC(C)(O)c1cc2nc(C3CCC(CN4CC5(CC(CCNc6cccc7c6C(=O)N([C@@H]6CCC(=O)NC6=O)C7=O)C5)C4)CC3)sc2cc1NC(=O)c1ncccc1C(F)(F)F. The number of aromatic nitrogens is 2. The Bertz CT molecular complexity index is 2480. The van der Waals surface area contributed by atoms with Crippen molar-refractivity contribution in [1.82, 2.24) is 25.1 Å². The number of hydrogen-bond acceptors (Lipinski definition) is 11. The van der Waals surface area contributed by atoms with Gasteiger partial charge in [-0.25, -0.2) is 4.98 Å². The fourth-order valence-corrected chi connectivity index (χ4v) is 11.6. The molecule has 9 rings (SSSR count). The van der Waals surface area contributed by atoms with E-state index in [-0.39, 0.29) is 35.6 Å². The molecule has 5 aliphatic rings. The second kappa shape index (κ2) is 15.8. The lowest BCUT2D eigenvalue weighted by Crippen LogP contribution is -2.63. The number of fused-ring (bicyclic) bond motifs is 2. The van der Waals surface area contributed by atoms with Crippen LogP contribution < -0.4 is 16.0 Å². The number of alkyl halides is 3. The molecule has 2 aromatic carbocycles. The van der Waals surface area contributed by atoms with E-state index >= 15 is 0 Å². The summed E-state index contributed by atoms with van der Waals surface area (Å²) in [6.45, 7) is 7.05. The third-order valence-corrected chi connectivity index (χ3v) is 14.6. The molecule has 62 heavy (non-hydrogen) atoms. The molecule has 4 fully saturated rings. The van der Waals surface area contributed by atoms with Crippen LogP contribution in [0.3, 0.4) is 0 Å². The maximum absolute atomic E-state index is 13.6. The second-order valence-corrected chi connectivity index (χ2v) is 19.4. The number of thiazole rings is 1. The van der Waals surface area contributed by atoms with Crippen molar-refractivity contribution in [2.24, 2.45) is 17.3 Å². The molecular formula is C45H48F3N7O6S. The van der Waals surface area contributed by atoms with E-state index in [2.05, 4.69) is 25.8 Å². The van der Waals surface area contributed by atoms with Gasteiger partial charge in [-0.1, -0.05) is 6.07 Å². The summed E-state index contributed by atoms with van der Waals surface area (Å²) in [6, 6.07) is 9.47. The molecule has 13 nitrogen and oxygen atoms in total. The first-order valence-electron chi connectivity index (χ1n) is 21.3. The fraction of sp³-hybridized carbons (Fsp3) is 0.489. The maximum atomic E-state index is 13.6. The van der Waals surface area contributed by atoms with E-state index in [1.807, 2.05) is 0 Å². The summed E-state index contributed by atoms with van der Waals surface area (Å²) in [5.41, 5.74) is -0.547. The molecule has 4 aromatic rings. The van der Waals surface area contributed by atoms with Gasteiger partial charge in [0.15, 0.2) is 0 Å². The Kier molecular flexibility index (Phi) is 10.7. The highest BCUT2D eigenvalue weighted by molar-refractivity contribution is 7.18. The molecule has 0 radical (unpaired) electrons. The average Bonchev–Trinajstić information content (AvgIpc) is 3.73. The molecule has 2 saturated carbocycles. The summed E-state index contributed by atoms with van der Waals surface area (Å²) >= 11 is 1.52. The van der Waals surface area contributed by atoms with E-state index < -0.39 is 58.6 Å². The van der Waals surface area contributed by atoms with Crippen LogP contribution in [-0.4, -0.2) is 86.6 Å². The van der Waals surface area contributed by atoms with Crippen LogP contribution in [0.2, 0.25) is 0 Å². The molecule has 3 aliphatic heterocycles. The minimum Gasteiger partial charge on any atom is -0.386 e. The van der Waals surface area contributed by atoms with Gasteiger partial charge >= 0.3 is 6.18 Å². The smallest absolute Gasteiger partial charge is 0.386 e. The zero-order valence-corrected chi connectivity index (χ0v) is 35.3. The number of nitrogens with one attached hydrogen (secondary N) is 3. The number of anilines is 2. The lowest BCUT2D eigenvalue weighted by atomic mass is 9.57. The molecule has 326 valence electrons. The number of carbonyl (C=O) groups excluding carboxylic acids is 5. The van der Waals surface area contributed by atoms with E-state index in [1.54, 1.807) is 44.2 Å². The largest absolute Gasteiger partial charge is 0.418 e. The summed E-state index contributed by atoms with van der Waals surface area (Å²) in [5.74, 6) is -1.61. The van der Waals surface area contributed by atoms with Gasteiger partial charge in [0.05, 0.1) is 37.5 Å². The van der Waals surface area contributed by atoms with Crippen molar-refractivity contribution in [2.75, 3.05) is 36.8 Å². The van der Waals surface area contributed by atoms with Crippen molar-refractivity contribution in [3.63, 3.8) is 0 Å². The molecule has 2 aromatic heterocycles. The van der Waals surface area contributed by atoms with Crippen LogP contribution in [0.15, 0.2) is 48.7 Å². The van der Waals surface area contributed by atoms with E-state index in [1.165, 1.54) is 24.2 Å². The number of amides is 5. The fourth-order valence-electron chi connectivity index (χ4n) is 10.5. The highest BCUT2D eigenvalue weighted by atomic mass is 32.1. The molecular weight excluding hydrogens is 824 g/mol. The Morgan fingerprint density at radius 1 is 0.952 bits per heavy atom. The number of benzene rings is 2. The van der Waals surface area contributed by atoms with Gasteiger partial charge in [0.1, 0.15) is 11.7 Å². The molecule has 4 N–H and O–H groups in total. The number of imide groups is 2. The molecule has 2 aliphatic carbocycles. The highest BCUT2D eigenvalue weighted by Crippen LogP contribution is 2.53. The van der Waals surface area contributed by atoms with Gasteiger partial charge in [-0.3, -0.25) is 39.2 Å². The van der Waals surface area contributed by atoms with Crippen LogP contribution in [0.25, 0.3) is 10.2 Å². The molecule has 1 atom stereocenters. The second-order valence-electron chi connectivity index (χ2n) is 18.4. The molecule has 0 unspecified atom stereocenters. The summed E-state index contributed by atoms with van der Waals surface area (Å²) < 4.78 is 41.7. The first-order chi connectivity index (χ1) is 29.5. The van der Waals surface area contributed by atoms with Crippen molar-refractivity contribution in [3.8, 4) is 0 Å². The van der Waals surface area contributed by atoms with E-state index in [9.17, 15) is 42.3 Å². The monoisotopic (exact) mass is 871 g/mol. The van der Waals surface area contributed by atoms with E-state index in [0.29, 0.717) is 40.6 Å². The van der Waals surface area contributed by atoms with Gasteiger partial charge in [0.2, 0.25) is 11.8 Å². The zero-order valence-electron chi connectivity index (χ0n) is 34.4. The van der Waals surface area contributed by atoms with Crippen molar-refractivity contribution in [3.05, 3.63) is 81.6 Å². The van der Waals surface area contributed by atoms with Gasteiger partial charge in [0, 0.05) is 61.7 Å². The summed E-state index contributed by atoms with van der Waals surface area (Å²) in [5, 5.41) is 20.2. The van der Waals surface area contributed by atoms with Crippen LogP contribution in [-0.2, 0) is 21.4 Å². The van der Waals surface area contributed by atoms with Crippen LogP contribution in [0.4, 0.5) is 24.5 Å². The number of piperidine rings is 1. The predicted octanol–water partition coefficient (Wildman–Crippen LogP) is 7.08. The first-order valence-corrected chi connectivity index (χ1v) is 22.1. The van der Waals surface area contributed by atoms with Crippen LogP contribution in [0.1, 0.15) is 125 Å². The lowest BCUT2D eigenvalue weighted by Gasteiger charge is -2.60. The molecule has 17 heteroatoms. The summed E-state index contributed by atoms with van der Waals surface area (Å²) in [7, 11) is 0. The standard InChI is InChI=1S/C45H48F3N7O6S/c1-43(2,61)29-17-32-34(18-31(29)51-39(58)37-28(45(46,47)48)6-4-15-50-37)62-40(52-32)26-10-8-24(9-11-26)21-54-22-44(23-54)19-25(20-44)14-16-49-30-7-3-5-27-36(30)42(60)55(41(27)59)33-12-13-35(56)53-38(33)57/h3-7,15,17-18,24-26,33,49,61H,8-14,16,19-23H2,1-2H3,(H,51,58)(H,53,56,57)/t24?,26?,33-/m1/s1. The number of rotatable bonds is 11. The van der Waals surface area contributed by atoms with E-state index in [4.69, 9.17) is 4.98 Å². The number of nitrogens with zero attached hydrogens (tertiary/aromatic N) is 4. The minimum atomic E-state index is -4.76. The quantitative estimate of drug-likeness (QED) is 0.114. The number of aliphatic hydroxyl groups is 1. The van der Waals surface area contributed by atoms with Crippen LogP contribution in [0.5, 0.6) is 0 Å². The highest BCUT2D eigenvalue weighted by Gasteiger charge is 2.52. The Morgan fingerprint density at radius 3 is 2.42 bits per heavy atom. The maximum Gasteiger partial charge on any atom is 0.418 e. The summed E-state index contributed by atoms with van der Waals surface area (Å²) in [4.78, 5) is 76.1. The molecule has 0 bridgehead atoms. The Morgan fingerprint density at radius 2 is 1.71 bits per heavy atom. The van der Waals surface area contributed by atoms with Gasteiger partial charge in [0.25, 0.3) is 17.7 Å². The lowest BCUT2D eigenvalue weighted by molar-refractivity contribution is -0.138. The molecule has 2 saturated heterocycles. The van der Waals surface area contributed by atoms with Crippen molar-refractivity contribution >= 4 is 62.5 Å².